The van der Waals surface area contributed by atoms with Crippen LogP contribution in [0.4, 0.5) is 5.13 Å². The van der Waals surface area contributed by atoms with Gasteiger partial charge in [-0.15, -0.1) is 22.0 Å². The fraction of sp³-hybridized carbons (Fsp3) is 0.200. The predicted octanol–water partition coefficient (Wildman–Crippen LogP) is 5.14. The lowest BCUT2D eigenvalue weighted by Crippen LogP contribution is -2.14. The fourth-order valence-electron chi connectivity index (χ4n) is 2.64. The van der Waals surface area contributed by atoms with Crippen LogP contribution < -0.4 is 5.32 Å². The third-order valence-electron chi connectivity index (χ3n) is 4.12. The molecule has 9 heteroatoms. The summed E-state index contributed by atoms with van der Waals surface area (Å²) in [7, 11) is 0. The largest absolute Gasteiger partial charge is 0.341 e. The molecule has 4 rings (SSSR count). The van der Waals surface area contributed by atoms with Crippen LogP contribution in [-0.2, 0) is 10.5 Å². The zero-order chi connectivity index (χ0) is 20.1. The molecule has 1 unspecified atom stereocenters. The van der Waals surface area contributed by atoms with Crippen LogP contribution in [0, 0.1) is 0 Å². The number of amides is 1. The lowest BCUT2D eigenvalue weighted by atomic mass is 10.2. The first-order valence-electron chi connectivity index (χ1n) is 9.04. The number of rotatable bonds is 8. The van der Waals surface area contributed by atoms with Crippen LogP contribution in [0.5, 0.6) is 0 Å². The Kier molecular flexibility index (Phi) is 6.48. The molecule has 2 N–H and O–H groups in total. The summed E-state index contributed by atoms with van der Waals surface area (Å²) in [5, 5.41) is 11.7. The molecule has 0 fully saturated rings. The number of para-hydroxylation sites is 2. The van der Waals surface area contributed by atoms with E-state index in [1.165, 1.54) is 28.7 Å². The Hall–Kier alpha value is -2.36. The highest BCUT2D eigenvalue weighted by molar-refractivity contribution is 8.00. The lowest BCUT2D eigenvalue weighted by Gasteiger charge is -2.07. The molecule has 6 nitrogen and oxygen atoms in total. The van der Waals surface area contributed by atoms with Gasteiger partial charge in [0.2, 0.25) is 11.0 Å². The van der Waals surface area contributed by atoms with Gasteiger partial charge in [-0.2, -0.15) is 0 Å². The second-order valence-electron chi connectivity index (χ2n) is 6.29. The van der Waals surface area contributed by atoms with Gasteiger partial charge in [-0.3, -0.25) is 10.1 Å². The second kappa shape index (κ2) is 9.43. The normalized spacial score (nSPS) is 12.2. The second-order valence-corrected chi connectivity index (χ2v) is 9.82. The van der Waals surface area contributed by atoms with Crippen molar-refractivity contribution in [2.45, 2.75) is 22.3 Å². The van der Waals surface area contributed by atoms with Gasteiger partial charge in [-0.05, 0) is 24.6 Å². The van der Waals surface area contributed by atoms with Crippen molar-refractivity contribution in [3.63, 3.8) is 0 Å². The smallest absolute Gasteiger partial charge is 0.236 e. The van der Waals surface area contributed by atoms with Crippen LogP contribution in [0.1, 0.15) is 23.6 Å². The molecule has 1 atom stereocenters. The fourth-order valence-corrected chi connectivity index (χ4v) is 5.11. The highest BCUT2D eigenvalue weighted by atomic mass is 32.2. The first-order valence-corrected chi connectivity index (χ1v) is 11.9. The van der Waals surface area contributed by atoms with Gasteiger partial charge in [-0.25, -0.2) is 4.98 Å². The Morgan fingerprint density at radius 3 is 2.76 bits per heavy atom. The number of benzene rings is 2. The average Bonchev–Trinajstić information content (AvgIpc) is 3.38. The van der Waals surface area contributed by atoms with Crippen LogP contribution >= 0.6 is 34.9 Å². The first kappa shape index (κ1) is 19.9. The molecule has 1 amide bonds. The summed E-state index contributed by atoms with van der Waals surface area (Å²) in [5.74, 6) is 1.94. The van der Waals surface area contributed by atoms with E-state index in [1.54, 1.807) is 11.8 Å². The SMILES string of the molecule is CC(SCC(=O)Nc1nnc(SCc2ccccc2)s1)c1nc2ccccc2[nH]1. The Balaban J connectivity index is 1.25. The number of anilines is 1. The van der Waals surface area contributed by atoms with Crippen LogP contribution in [0.15, 0.2) is 58.9 Å². The maximum atomic E-state index is 12.3. The number of hydrogen-bond acceptors (Lipinski definition) is 7. The number of carbonyl (C=O) groups is 1. The quantitative estimate of drug-likeness (QED) is 0.291. The van der Waals surface area contributed by atoms with Gasteiger partial charge < -0.3 is 4.98 Å². The molecule has 4 aromatic rings. The minimum absolute atomic E-state index is 0.0829. The minimum Gasteiger partial charge on any atom is -0.341 e. The molecule has 0 radical (unpaired) electrons. The monoisotopic (exact) mass is 441 g/mol. The van der Waals surface area contributed by atoms with Crippen molar-refractivity contribution in [1.82, 2.24) is 20.2 Å². The number of fused-ring (bicyclic) bond motifs is 1. The van der Waals surface area contributed by atoms with E-state index >= 15 is 0 Å². The molecule has 148 valence electrons. The molecule has 0 aliphatic heterocycles. The third kappa shape index (κ3) is 5.37. The summed E-state index contributed by atoms with van der Waals surface area (Å²) < 4.78 is 0.840. The molecule has 0 spiro atoms. The van der Waals surface area contributed by atoms with Crippen LogP contribution in [-0.4, -0.2) is 31.8 Å². The molecule has 2 heterocycles. The highest BCUT2D eigenvalue weighted by Crippen LogP contribution is 2.30. The zero-order valence-corrected chi connectivity index (χ0v) is 18.1. The van der Waals surface area contributed by atoms with Crippen LogP contribution in [0.2, 0.25) is 0 Å². The average molecular weight is 442 g/mol. The van der Waals surface area contributed by atoms with E-state index in [-0.39, 0.29) is 11.2 Å². The number of aromatic amines is 1. The van der Waals surface area contributed by atoms with Crippen LogP contribution in [0.3, 0.4) is 0 Å². The zero-order valence-electron chi connectivity index (χ0n) is 15.7. The number of nitrogens with one attached hydrogen (secondary N) is 2. The Morgan fingerprint density at radius 1 is 1.14 bits per heavy atom. The number of imidazole rings is 1. The van der Waals surface area contributed by atoms with Gasteiger partial charge in [-0.1, -0.05) is 65.6 Å². The van der Waals surface area contributed by atoms with Crippen molar-refractivity contribution in [1.29, 1.82) is 0 Å². The number of nitrogens with zero attached hydrogens (tertiary/aromatic N) is 3. The van der Waals surface area contributed by atoms with Crippen molar-refractivity contribution < 1.29 is 4.79 Å². The first-order chi connectivity index (χ1) is 14.2. The number of H-pyrrole nitrogens is 1. The van der Waals surface area contributed by atoms with Gasteiger partial charge in [0, 0.05) is 5.75 Å². The Labute approximate surface area is 180 Å². The minimum atomic E-state index is -0.0891. The van der Waals surface area contributed by atoms with Gasteiger partial charge >= 0.3 is 0 Å². The molecule has 2 aromatic carbocycles. The van der Waals surface area contributed by atoms with Gasteiger partial charge in [0.15, 0.2) is 4.34 Å². The molecule has 2 aromatic heterocycles. The summed E-state index contributed by atoms with van der Waals surface area (Å²) >= 11 is 4.54. The summed E-state index contributed by atoms with van der Waals surface area (Å²) in [5.41, 5.74) is 3.18. The third-order valence-corrected chi connectivity index (χ3v) is 7.31. The summed E-state index contributed by atoms with van der Waals surface area (Å²) in [6, 6.07) is 18.1. The molecule has 0 aliphatic rings. The molecule has 29 heavy (non-hydrogen) atoms. The standard InChI is InChI=1S/C20H19N5OS3/c1-13(18-21-15-9-5-6-10-16(15)22-18)27-12-17(26)23-19-24-25-20(29-19)28-11-14-7-3-2-4-8-14/h2-10,13H,11-12H2,1H3,(H,21,22)(H,23,24,26). The van der Waals surface area contributed by atoms with Crippen molar-refractivity contribution in [3.8, 4) is 0 Å². The van der Waals surface area contributed by atoms with Gasteiger partial charge in [0.25, 0.3) is 0 Å². The van der Waals surface area contributed by atoms with E-state index in [9.17, 15) is 4.79 Å². The van der Waals surface area contributed by atoms with Crippen molar-refractivity contribution in [3.05, 3.63) is 66.0 Å². The van der Waals surface area contributed by atoms with Gasteiger partial charge in [0.05, 0.1) is 22.0 Å². The van der Waals surface area contributed by atoms with E-state index in [4.69, 9.17) is 0 Å². The molecule has 0 saturated heterocycles. The maximum Gasteiger partial charge on any atom is 0.236 e. The molecular weight excluding hydrogens is 422 g/mol. The van der Waals surface area contributed by atoms with E-state index in [1.807, 2.05) is 49.4 Å². The topological polar surface area (TPSA) is 83.6 Å². The number of aromatic nitrogens is 4. The predicted molar refractivity (Wildman–Crippen MR) is 122 cm³/mol. The van der Waals surface area contributed by atoms with Crippen molar-refractivity contribution in [2.24, 2.45) is 0 Å². The molecule has 0 saturated carbocycles. The molecule has 0 aliphatic carbocycles. The Morgan fingerprint density at radius 2 is 1.93 bits per heavy atom. The molecule has 0 bridgehead atoms. The van der Waals surface area contributed by atoms with Crippen molar-refractivity contribution in [2.75, 3.05) is 11.1 Å². The highest BCUT2D eigenvalue weighted by Gasteiger charge is 2.15. The number of thioether (sulfide) groups is 2. The van der Waals surface area contributed by atoms with E-state index in [0.717, 1.165) is 27.0 Å². The maximum absolute atomic E-state index is 12.3. The van der Waals surface area contributed by atoms with Gasteiger partial charge in [0.1, 0.15) is 5.82 Å². The van der Waals surface area contributed by atoms with E-state index in [0.29, 0.717) is 10.9 Å². The number of hydrogen-bond donors (Lipinski definition) is 2. The molecular formula is C20H19N5OS3. The Bertz CT molecular complexity index is 1060. The number of carbonyl (C=O) groups excluding carboxylic acids is 1. The van der Waals surface area contributed by atoms with Crippen LogP contribution in [0.25, 0.3) is 11.0 Å². The summed E-state index contributed by atoms with van der Waals surface area (Å²) in [4.78, 5) is 20.2. The van der Waals surface area contributed by atoms with Crippen molar-refractivity contribution >= 4 is 56.9 Å². The lowest BCUT2D eigenvalue weighted by molar-refractivity contribution is -0.113. The van der Waals surface area contributed by atoms with E-state index in [2.05, 4.69) is 37.6 Å². The summed E-state index contributed by atoms with van der Waals surface area (Å²) in [6.45, 7) is 2.04. The van der Waals surface area contributed by atoms with E-state index < -0.39 is 0 Å². The summed E-state index contributed by atoms with van der Waals surface area (Å²) in [6.07, 6.45) is 0.